The highest BCUT2D eigenvalue weighted by atomic mass is 32.2. The predicted molar refractivity (Wildman–Crippen MR) is 104 cm³/mol. The summed E-state index contributed by atoms with van der Waals surface area (Å²) in [4.78, 5) is 3.34. The van der Waals surface area contributed by atoms with Crippen molar-refractivity contribution in [2.75, 3.05) is 6.54 Å². The van der Waals surface area contributed by atoms with Crippen LogP contribution < -0.4 is 4.72 Å². The molecule has 1 aliphatic carbocycles. The van der Waals surface area contributed by atoms with Gasteiger partial charge in [-0.2, -0.15) is 5.10 Å². The van der Waals surface area contributed by atoms with Crippen LogP contribution in [0.5, 0.6) is 0 Å². The van der Waals surface area contributed by atoms with Crippen molar-refractivity contribution in [2.45, 2.75) is 37.1 Å². The van der Waals surface area contributed by atoms with Crippen LogP contribution in [-0.2, 0) is 29.4 Å². The third-order valence-electron chi connectivity index (χ3n) is 5.01. The van der Waals surface area contributed by atoms with Gasteiger partial charge < -0.3 is 0 Å². The summed E-state index contributed by atoms with van der Waals surface area (Å²) in [5.74, 6) is -1.80. The van der Waals surface area contributed by atoms with Crippen molar-refractivity contribution >= 4 is 10.0 Å². The van der Waals surface area contributed by atoms with Gasteiger partial charge in [-0.05, 0) is 56.0 Å². The minimum absolute atomic E-state index is 0.0161. The molecule has 4 rings (SSSR count). The maximum atomic E-state index is 13.8. The molecule has 9 heteroatoms. The summed E-state index contributed by atoms with van der Waals surface area (Å²) < 4.78 is 56.0. The fourth-order valence-corrected chi connectivity index (χ4v) is 4.75. The molecule has 0 fully saturated rings. The van der Waals surface area contributed by atoms with E-state index in [4.69, 9.17) is 5.10 Å². The molecule has 0 aliphatic heterocycles. The lowest BCUT2D eigenvalue weighted by atomic mass is 9.94. The summed E-state index contributed by atoms with van der Waals surface area (Å²) >= 11 is 0. The standard InChI is InChI=1S/C20H20F2N4O2S/c21-15-5-6-17(22)19(13-15)29(27,28)24-11-12-26-18-4-2-1-3-16(18)20(25-26)14-7-9-23-10-8-14/h5-10,13,24H,1-4,11-12H2. The maximum Gasteiger partial charge on any atom is 0.243 e. The summed E-state index contributed by atoms with van der Waals surface area (Å²) in [6, 6.07) is 6.16. The van der Waals surface area contributed by atoms with E-state index in [2.05, 4.69) is 9.71 Å². The Morgan fingerprint density at radius 3 is 2.62 bits per heavy atom. The molecule has 0 saturated heterocycles. The Labute approximate surface area is 167 Å². The lowest BCUT2D eigenvalue weighted by Gasteiger charge is -2.14. The molecule has 1 N–H and O–H groups in total. The fraction of sp³-hybridized carbons (Fsp3) is 0.300. The number of nitrogens with zero attached hydrogens (tertiary/aromatic N) is 3. The van der Waals surface area contributed by atoms with Gasteiger partial charge in [0.05, 0.1) is 12.2 Å². The molecule has 0 bridgehead atoms. The van der Waals surface area contributed by atoms with E-state index in [1.54, 1.807) is 12.4 Å². The van der Waals surface area contributed by atoms with Crippen LogP contribution in [0.2, 0.25) is 0 Å². The Morgan fingerprint density at radius 1 is 1.07 bits per heavy atom. The molecule has 3 aromatic rings. The van der Waals surface area contributed by atoms with E-state index >= 15 is 0 Å². The fourth-order valence-electron chi connectivity index (χ4n) is 3.64. The number of hydrogen-bond donors (Lipinski definition) is 1. The van der Waals surface area contributed by atoms with Crippen molar-refractivity contribution < 1.29 is 17.2 Å². The number of nitrogens with one attached hydrogen (secondary N) is 1. The first kappa shape index (κ1) is 19.7. The van der Waals surface area contributed by atoms with Crippen molar-refractivity contribution in [3.05, 3.63) is 65.6 Å². The minimum Gasteiger partial charge on any atom is -0.267 e. The van der Waals surface area contributed by atoms with E-state index < -0.39 is 26.6 Å². The van der Waals surface area contributed by atoms with Crippen LogP contribution in [-0.4, -0.2) is 29.7 Å². The summed E-state index contributed by atoms with van der Waals surface area (Å²) in [5, 5.41) is 4.71. The first-order valence-corrected chi connectivity index (χ1v) is 10.9. The zero-order valence-corrected chi connectivity index (χ0v) is 16.4. The Balaban J connectivity index is 1.55. The lowest BCUT2D eigenvalue weighted by Crippen LogP contribution is -2.29. The molecule has 0 atom stereocenters. The molecule has 152 valence electrons. The zero-order valence-electron chi connectivity index (χ0n) is 15.6. The number of fused-ring (bicyclic) bond motifs is 1. The van der Waals surface area contributed by atoms with Gasteiger partial charge in [-0.3, -0.25) is 9.67 Å². The average molecular weight is 418 g/mol. The predicted octanol–water partition coefficient (Wildman–Crippen LogP) is 3.08. The number of benzene rings is 1. The molecule has 0 spiro atoms. The van der Waals surface area contributed by atoms with Crippen molar-refractivity contribution in [1.29, 1.82) is 0 Å². The summed E-state index contributed by atoms with van der Waals surface area (Å²) in [6.07, 6.45) is 7.36. The zero-order chi connectivity index (χ0) is 20.4. The minimum atomic E-state index is -4.16. The van der Waals surface area contributed by atoms with Gasteiger partial charge in [0.2, 0.25) is 10.0 Å². The van der Waals surface area contributed by atoms with Gasteiger partial charge in [0, 0.05) is 35.8 Å². The normalized spacial score (nSPS) is 14.0. The second-order valence-corrected chi connectivity index (χ2v) is 8.65. The molecule has 0 radical (unpaired) electrons. The summed E-state index contributed by atoms with van der Waals surface area (Å²) in [7, 11) is -4.16. The lowest BCUT2D eigenvalue weighted by molar-refractivity contribution is 0.528. The largest absolute Gasteiger partial charge is 0.267 e. The number of aromatic nitrogens is 3. The quantitative estimate of drug-likeness (QED) is 0.668. The van der Waals surface area contributed by atoms with Crippen molar-refractivity contribution in [1.82, 2.24) is 19.5 Å². The van der Waals surface area contributed by atoms with Gasteiger partial charge in [0.15, 0.2) is 0 Å². The van der Waals surface area contributed by atoms with Gasteiger partial charge in [-0.1, -0.05) is 0 Å². The number of halogens is 2. The van der Waals surface area contributed by atoms with E-state index in [1.807, 2.05) is 16.8 Å². The van der Waals surface area contributed by atoms with Crippen LogP contribution in [0.25, 0.3) is 11.3 Å². The molecule has 2 aromatic heterocycles. The van der Waals surface area contributed by atoms with Gasteiger partial charge in [0.1, 0.15) is 16.5 Å². The van der Waals surface area contributed by atoms with Crippen molar-refractivity contribution in [3.63, 3.8) is 0 Å². The summed E-state index contributed by atoms with van der Waals surface area (Å²) in [5.41, 5.74) is 4.14. The van der Waals surface area contributed by atoms with E-state index in [1.165, 1.54) is 5.56 Å². The molecular weight excluding hydrogens is 398 g/mol. The molecule has 6 nitrogen and oxygen atoms in total. The second kappa shape index (κ2) is 8.00. The smallest absolute Gasteiger partial charge is 0.243 e. The monoisotopic (exact) mass is 418 g/mol. The number of sulfonamides is 1. The number of pyridine rings is 1. The third kappa shape index (κ3) is 4.06. The molecule has 0 unspecified atom stereocenters. The second-order valence-electron chi connectivity index (χ2n) is 6.91. The third-order valence-corrected chi connectivity index (χ3v) is 6.49. The Kier molecular flexibility index (Phi) is 5.42. The molecule has 29 heavy (non-hydrogen) atoms. The highest BCUT2D eigenvalue weighted by molar-refractivity contribution is 7.89. The van der Waals surface area contributed by atoms with Crippen LogP contribution in [0.15, 0.2) is 47.6 Å². The van der Waals surface area contributed by atoms with Crippen LogP contribution in [0.1, 0.15) is 24.1 Å². The van der Waals surface area contributed by atoms with Crippen molar-refractivity contribution in [2.24, 2.45) is 0 Å². The van der Waals surface area contributed by atoms with Crippen molar-refractivity contribution in [3.8, 4) is 11.3 Å². The Morgan fingerprint density at radius 2 is 1.83 bits per heavy atom. The molecule has 0 amide bonds. The van der Waals surface area contributed by atoms with Gasteiger partial charge in [-0.15, -0.1) is 0 Å². The van der Waals surface area contributed by atoms with Crippen LogP contribution in [0, 0.1) is 11.6 Å². The molecular formula is C20H20F2N4O2S. The van der Waals surface area contributed by atoms with E-state index in [0.717, 1.165) is 54.8 Å². The summed E-state index contributed by atoms with van der Waals surface area (Å²) in [6.45, 7) is 0.311. The molecule has 1 aliphatic rings. The van der Waals surface area contributed by atoms with E-state index in [0.29, 0.717) is 12.6 Å². The number of hydrogen-bond acceptors (Lipinski definition) is 4. The van der Waals surface area contributed by atoms with Crippen LogP contribution in [0.3, 0.4) is 0 Å². The van der Waals surface area contributed by atoms with E-state index in [-0.39, 0.29) is 6.54 Å². The van der Waals surface area contributed by atoms with E-state index in [9.17, 15) is 17.2 Å². The highest BCUT2D eigenvalue weighted by Crippen LogP contribution is 2.30. The number of rotatable bonds is 6. The van der Waals surface area contributed by atoms with Gasteiger partial charge in [0.25, 0.3) is 0 Å². The highest BCUT2D eigenvalue weighted by Gasteiger charge is 2.23. The van der Waals surface area contributed by atoms with Gasteiger partial charge in [-0.25, -0.2) is 21.9 Å². The first-order valence-electron chi connectivity index (χ1n) is 9.39. The van der Waals surface area contributed by atoms with Crippen LogP contribution >= 0.6 is 0 Å². The topological polar surface area (TPSA) is 76.9 Å². The molecule has 2 heterocycles. The Hall–Kier alpha value is -2.65. The maximum absolute atomic E-state index is 13.8. The molecule has 1 aromatic carbocycles. The average Bonchev–Trinajstić information content (AvgIpc) is 3.09. The first-order chi connectivity index (χ1) is 14.0. The molecule has 0 saturated carbocycles. The van der Waals surface area contributed by atoms with Crippen LogP contribution in [0.4, 0.5) is 8.78 Å². The Bertz CT molecular complexity index is 1130. The SMILES string of the molecule is O=S(=O)(NCCn1nc(-c2ccncc2)c2c1CCCC2)c1cc(F)ccc1F. The van der Waals surface area contributed by atoms with Gasteiger partial charge >= 0.3 is 0 Å².